The van der Waals surface area contributed by atoms with E-state index in [-0.39, 0.29) is 36.1 Å². The number of benzene rings is 2. The van der Waals surface area contributed by atoms with Gasteiger partial charge in [-0.1, -0.05) is 56.3 Å². The van der Waals surface area contributed by atoms with Gasteiger partial charge in [0.05, 0.1) is 23.0 Å². The molecule has 1 fully saturated rings. The molecule has 6 nitrogen and oxygen atoms in total. The normalized spacial score (nSPS) is 17.7. The van der Waals surface area contributed by atoms with Crippen LogP contribution in [-0.4, -0.2) is 32.8 Å². The van der Waals surface area contributed by atoms with Gasteiger partial charge in [-0.15, -0.1) is 0 Å². The van der Waals surface area contributed by atoms with Gasteiger partial charge in [-0.3, -0.25) is 9.59 Å². The van der Waals surface area contributed by atoms with Crippen LogP contribution in [-0.2, 0) is 23.2 Å². The van der Waals surface area contributed by atoms with E-state index < -0.39 is 0 Å². The van der Waals surface area contributed by atoms with E-state index in [9.17, 15) is 9.59 Å². The average Bonchev–Trinajstić information content (AvgIpc) is 3.27. The molecule has 2 amide bonds. The lowest BCUT2D eigenvalue weighted by molar-refractivity contribution is -0.129. The van der Waals surface area contributed by atoms with Gasteiger partial charge < -0.3 is 14.8 Å². The third kappa shape index (κ3) is 3.95. The van der Waals surface area contributed by atoms with Gasteiger partial charge in [0, 0.05) is 26.6 Å². The molecule has 0 bridgehead atoms. The van der Waals surface area contributed by atoms with Crippen molar-refractivity contribution in [1.82, 2.24) is 19.8 Å². The Morgan fingerprint density at radius 3 is 2.53 bits per heavy atom. The number of fused-ring (bicyclic) bond motifs is 1. The predicted octanol–water partition coefficient (Wildman–Crippen LogP) is 3.44. The van der Waals surface area contributed by atoms with Crippen molar-refractivity contribution in [3.63, 3.8) is 0 Å². The van der Waals surface area contributed by atoms with Crippen LogP contribution < -0.4 is 5.32 Å². The van der Waals surface area contributed by atoms with Crippen molar-refractivity contribution in [2.75, 3.05) is 6.54 Å². The number of carbonyl (C=O) groups is 2. The molecule has 1 aliphatic heterocycles. The maximum atomic E-state index is 13.1. The van der Waals surface area contributed by atoms with Gasteiger partial charge in [-0.05, 0) is 23.6 Å². The third-order valence-corrected chi connectivity index (χ3v) is 5.87. The lowest BCUT2D eigenvalue weighted by Gasteiger charge is -2.24. The monoisotopic (exact) mass is 404 g/mol. The van der Waals surface area contributed by atoms with Gasteiger partial charge >= 0.3 is 0 Å². The van der Waals surface area contributed by atoms with Crippen LogP contribution in [0.2, 0.25) is 0 Å². The van der Waals surface area contributed by atoms with Crippen LogP contribution in [0.1, 0.15) is 37.7 Å². The number of nitrogens with one attached hydrogen (secondary N) is 1. The molecule has 6 heteroatoms. The first kappa shape index (κ1) is 20.1. The van der Waals surface area contributed by atoms with Crippen molar-refractivity contribution in [2.24, 2.45) is 18.9 Å². The van der Waals surface area contributed by atoms with Crippen molar-refractivity contribution >= 4 is 22.8 Å². The van der Waals surface area contributed by atoms with Crippen LogP contribution in [0.3, 0.4) is 0 Å². The summed E-state index contributed by atoms with van der Waals surface area (Å²) in [6.07, 6.45) is 0.256. The van der Waals surface area contributed by atoms with Crippen LogP contribution in [0.25, 0.3) is 11.0 Å². The molecule has 2 heterocycles. The van der Waals surface area contributed by atoms with E-state index in [1.54, 1.807) is 4.90 Å². The van der Waals surface area contributed by atoms with Gasteiger partial charge in [0.25, 0.3) is 0 Å². The molecule has 2 aromatic carbocycles. The van der Waals surface area contributed by atoms with Gasteiger partial charge in [0.15, 0.2) is 0 Å². The molecule has 156 valence electrons. The largest absolute Gasteiger partial charge is 0.346 e. The Kier molecular flexibility index (Phi) is 5.57. The summed E-state index contributed by atoms with van der Waals surface area (Å²) < 4.78 is 2.04. The predicted molar refractivity (Wildman–Crippen MR) is 116 cm³/mol. The highest BCUT2D eigenvalue weighted by molar-refractivity contribution is 5.89. The molecule has 30 heavy (non-hydrogen) atoms. The lowest BCUT2D eigenvalue weighted by atomic mass is 10.0. The van der Waals surface area contributed by atoms with E-state index in [2.05, 4.69) is 19.2 Å². The second kappa shape index (κ2) is 8.30. The number of aromatic nitrogens is 2. The fourth-order valence-electron chi connectivity index (χ4n) is 4.15. The number of carbonyl (C=O) groups excluding carboxylic acids is 2. The van der Waals surface area contributed by atoms with Crippen molar-refractivity contribution in [3.8, 4) is 0 Å². The molecule has 1 aliphatic rings. The number of likely N-dealkylation sites (tertiary alicyclic amines) is 1. The maximum absolute atomic E-state index is 13.1. The zero-order chi connectivity index (χ0) is 21.3. The Bertz CT molecular complexity index is 1060. The van der Waals surface area contributed by atoms with Gasteiger partial charge in [-0.2, -0.15) is 0 Å². The topological polar surface area (TPSA) is 67.2 Å². The molecule has 1 N–H and O–H groups in total. The van der Waals surface area contributed by atoms with Gasteiger partial charge in [0.2, 0.25) is 11.8 Å². The van der Waals surface area contributed by atoms with E-state index in [0.29, 0.717) is 13.1 Å². The number of para-hydroxylation sites is 2. The molecular weight excluding hydrogens is 376 g/mol. The standard InChI is InChI=1S/C24H28N4O2/c1-16(2)22(23-25-19-11-7-8-12-20(19)27(23)3)26-24(30)18-13-21(29)28(15-18)14-17-9-5-4-6-10-17/h4-12,16,18,22H,13-15H2,1-3H3,(H,26,30)/t18-,22-/m0/s1. The third-order valence-electron chi connectivity index (χ3n) is 5.87. The van der Waals surface area contributed by atoms with Crippen molar-refractivity contribution in [3.05, 3.63) is 66.0 Å². The summed E-state index contributed by atoms with van der Waals surface area (Å²) in [7, 11) is 1.98. The van der Waals surface area contributed by atoms with Crippen LogP contribution in [0.4, 0.5) is 0 Å². The smallest absolute Gasteiger partial charge is 0.226 e. The van der Waals surface area contributed by atoms with Crippen molar-refractivity contribution in [2.45, 2.75) is 32.9 Å². The number of nitrogens with zero attached hydrogens (tertiary/aromatic N) is 3. The van der Waals surface area contributed by atoms with Crippen LogP contribution in [0.15, 0.2) is 54.6 Å². The summed E-state index contributed by atoms with van der Waals surface area (Å²) >= 11 is 0. The summed E-state index contributed by atoms with van der Waals surface area (Å²) in [6, 6.07) is 17.6. The summed E-state index contributed by atoms with van der Waals surface area (Å²) in [5.74, 6) is 0.622. The first-order valence-electron chi connectivity index (χ1n) is 10.5. The molecule has 0 aliphatic carbocycles. The van der Waals surface area contributed by atoms with E-state index in [0.717, 1.165) is 22.4 Å². The van der Waals surface area contributed by atoms with Crippen molar-refractivity contribution < 1.29 is 9.59 Å². The summed E-state index contributed by atoms with van der Waals surface area (Å²) in [4.78, 5) is 32.1. The first-order valence-corrected chi connectivity index (χ1v) is 10.5. The number of amides is 2. The highest BCUT2D eigenvalue weighted by Gasteiger charge is 2.36. The lowest BCUT2D eigenvalue weighted by Crippen LogP contribution is -2.38. The quantitative estimate of drug-likeness (QED) is 0.684. The molecule has 4 rings (SSSR count). The maximum Gasteiger partial charge on any atom is 0.226 e. The van der Waals surface area contributed by atoms with Gasteiger partial charge in [0.1, 0.15) is 5.82 Å². The zero-order valence-electron chi connectivity index (χ0n) is 17.7. The van der Waals surface area contributed by atoms with Crippen LogP contribution in [0, 0.1) is 11.8 Å². The van der Waals surface area contributed by atoms with Crippen LogP contribution >= 0.6 is 0 Å². The number of imidazole rings is 1. The minimum atomic E-state index is -0.336. The Morgan fingerprint density at radius 1 is 1.13 bits per heavy atom. The molecule has 1 saturated heterocycles. The number of rotatable bonds is 6. The summed E-state index contributed by atoms with van der Waals surface area (Å²) in [5, 5.41) is 3.18. The first-order chi connectivity index (χ1) is 14.4. The zero-order valence-corrected chi connectivity index (χ0v) is 17.7. The van der Waals surface area contributed by atoms with E-state index >= 15 is 0 Å². The Balaban J connectivity index is 1.48. The molecule has 0 unspecified atom stereocenters. The number of hydrogen-bond donors (Lipinski definition) is 1. The summed E-state index contributed by atoms with van der Waals surface area (Å²) in [5.41, 5.74) is 3.03. The fraction of sp³-hybridized carbons (Fsp3) is 0.375. The SMILES string of the molecule is CC(C)[C@H](NC(=O)[C@H]1CC(=O)N(Cc2ccccc2)C1)c1nc2ccccc2n1C. The average molecular weight is 405 g/mol. The van der Waals surface area contributed by atoms with E-state index in [4.69, 9.17) is 4.98 Å². The Morgan fingerprint density at radius 2 is 1.83 bits per heavy atom. The molecule has 0 radical (unpaired) electrons. The van der Waals surface area contributed by atoms with Gasteiger partial charge in [-0.25, -0.2) is 4.98 Å². The van der Waals surface area contributed by atoms with E-state index in [1.807, 2.05) is 66.2 Å². The molecular formula is C24H28N4O2. The molecule has 0 saturated carbocycles. The number of aryl methyl sites for hydroxylation is 1. The highest BCUT2D eigenvalue weighted by atomic mass is 16.2. The molecule has 2 atom stereocenters. The van der Waals surface area contributed by atoms with E-state index in [1.165, 1.54) is 0 Å². The minimum Gasteiger partial charge on any atom is -0.346 e. The molecule has 0 spiro atoms. The summed E-state index contributed by atoms with van der Waals surface area (Å²) in [6.45, 7) is 5.15. The fourth-order valence-corrected chi connectivity index (χ4v) is 4.15. The van der Waals surface area contributed by atoms with Crippen LogP contribution in [0.5, 0.6) is 0 Å². The Labute approximate surface area is 176 Å². The highest BCUT2D eigenvalue weighted by Crippen LogP contribution is 2.27. The molecule has 1 aromatic heterocycles. The number of hydrogen-bond acceptors (Lipinski definition) is 3. The molecule has 3 aromatic rings. The minimum absolute atomic E-state index is 0.0304. The second-order valence-electron chi connectivity index (χ2n) is 8.41. The Hall–Kier alpha value is -3.15. The second-order valence-corrected chi connectivity index (χ2v) is 8.41. The van der Waals surface area contributed by atoms with Crippen molar-refractivity contribution in [1.29, 1.82) is 0 Å².